The highest BCUT2D eigenvalue weighted by Gasteiger charge is 2.76. The van der Waals surface area contributed by atoms with Gasteiger partial charge in [0.1, 0.15) is 8.67 Å². The van der Waals surface area contributed by atoms with E-state index in [4.69, 9.17) is 46.4 Å². The number of fused-ring (bicyclic) bond motifs is 2. The Hall–Kier alpha value is 1.16. The van der Waals surface area contributed by atoms with E-state index in [1.165, 1.54) is 0 Å². The Labute approximate surface area is 91.5 Å². The quantitative estimate of drug-likeness (QED) is 0.572. The van der Waals surface area contributed by atoms with Crippen LogP contribution >= 0.6 is 46.4 Å². The minimum atomic E-state index is -0.447. The molecule has 3 rings (SSSR count). The Bertz CT molecular complexity index is 201. The first-order chi connectivity index (χ1) is 5.45. The summed E-state index contributed by atoms with van der Waals surface area (Å²) in [5.74, 6) is 1.84. The maximum absolute atomic E-state index is 6.07. The van der Waals surface area contributed by atoms with Gasteiger partial charge in [0, 0.05) is 0 Å². The molecule has 3 aliphatic carbocycles. The minimum absolute atomic E-state index is 0.447. The SMILES string of the molecule is ClC1(Cl)[C@@H]2C[C@@H]3[C@@H](C[C@H]21)C3(Cl)Cl. The van der Waals surface area contributed by atoms with Crippen LogP contribution in [0.1, 0.15) is 12.8 Å². The van der Waals surface area contributed by atoms with Crippen molar-refractivity contribution in [3.63, 3.8) is 0 Å². The summed E-state index contributed by atoms with van der Waals surface area (Å²) in [6, 6.07) is 0. The fraction of sp³-hybridized carbons (Fsp3) is 1.00. The molecule has 0 aliphatic heterocycles. The van der Waals surface area contributed by atoms with Gasteiger partial charge in [-0.1, -0.05) is 0 Å². The van der Waals surface area contributed by atoms with Crippen LogP contribution in [0.25, 0.3) is 0 Å². The summed E-state index contributed by atoms with van der Waals surface area (Å²) in [5, 5.41) is 0. The van der Waals surface area contributed by atoms with Gasteiger partial charge in [0.25, 0.3) is 0 Å². The third-order valence-corrected chi connectivity index (χ3v) is 5.99. The van der Waals surface area contributed by atoms with Crippen LogP contribution in [0.15, 0.2) is 0 Å². The van der Waals surface area contributed by atoms with Crippen molar-refractivity contribution in [3.8, 4) is 0 Å². The van der Waals surface area contributed by atoms with E-state index in [-0.39, 0.29) is 0 Å². The van der Waals surface area contributed by atoms with Crippen LogP contribution in [0.4, 0.5) is 0 Å². The van der Waals surface area contributed by atoms with Crippen molar-refractivity contribution in [2.45, 2.75) is 21.5 Å². The van der Waals surface area contributed by atoms with Gasteiger partial charge in [0.05, 0.1) is 0 Å². The lowest BCUT2D eigenvalue weighted by Crippen LogP contribution is -1.96. The molecule has 12 heavy (non-hydrogen) atoms. The van der Waals surface area contributed by atoms with E-state index in [0.29, 0.717) is 23.7 Å². The van der Waals surface area contributed by atoms with Crippen molar-refractivity contribution in [3.05, 3.63) is 0 Å². The topological polar surface area (TPSA) is 0 Å². The summed E-state index contributed by atoms with van der Waals surface area (Å²) in [4.78, 5) is 0. The van der Waals surface area contributed by atoms with Gasteiger partial charge in [-0.2, -0.15) is 0 Å². The zero-order valence-electron chi connectivity index (χ0n) is 6.24. The standard InChI is InChI=1S/C8H8Cl4/c9-7(10)3-1-4-6(2-5(3)7)8(4,11)12/h3-6H,1-2H2/t3-,4-,5-,6-/m1/s1. The molecule has 0 radical (unpaired) electrons. The third kappa shape index (κ3) is 0.834. The molecule has 0 N–H and O–H groups in total. The van der Waals surface area contributed by atoms with Gasteiger partial charge in [-0.25, -0.2) is 0 Å². The summed E-state index contributed by atoms with van der Waals surface area (Å²) < 4.78 is -0.894. The summed E-state index contributed by atoms with van der Waals surface area (Å²) in [5.41, 5.74) is 0. The molecular weight excluding hydrogens is 238 g/mol. The van der Waals surface area contributed by atoms with Gasteiger partial charge in [-0.05, 0) is 36.5 Å². The molecule has 4 heteroatoms. The Morgan fingerprint density at radius 2 is 0.917 bits per heavy atom. The second-order valence-corrected chi connectivity index (χ2v) is 7.14. The molecule has 0 amide bonds. The van der Waals surface area contributed by atoms with E-state index in [1.807, 2.05) is 0 Å². The lowest BCUT2D eigenvalue weighted by molar-refractivity contribution is 0.457. The third-order valence-electron chi connectivity index (χ3n) is 3.75. The van der Waals surface area contributed by atoms with E-state index in [1.54, 1.807) is 0 Å². The van der Waals surface area contributed by atoms with Crippen molar-refractivity contribution >= 4 is 46.4 Å². The highest BCUT2D eigenvalue weighted by molar-refractivity contribution is 6.52. The molecule has 0 aromatic carbocycles. The van der Waals surface area contributed by atoms with Gasteiger partial charge >= 0.3 is 0 Å². The predicted octanol–water partition coefficient (Wildman–Crippen LogP) is 3.62. The number of hydrogen-bond donors (Lipinski definition) is 0. The molecule has 68 valence electrons. The van der Waals surface area contributed by atoms with Crippen LogP contribution in [0.3, 0.4) is 0 Å². The van der Waals surface area contributed by atoms with E-state index in [0.717, 1.165) is 12.8 Å². The average Bonchev–Trinajstić information content (AvgIpc) is 2.72. The molecular formula is C8H8Cl4. The highest BCUT2D eigenvalue weighted by atomic mass is 35.5. The molecule has 0 spiro atoms. The molecule has 0 nitrogen and oxygen atoms in total. The molecule has 0 heterocycles. The summed E-state index contributed by atoms with van der Waals surface area (Å²) in [6.45, 7) is 0. The molecule has 4 atom stereocenters. The van der Waals surface area contributed by atoms with Gasteiger partial charge < -0.3 is 0 Å². The maximum Gasteiger partial charge on any atom is 0.124 e. The first-order valence-electron chi connectivity index (χ1n) is 4.21. The highest BCUT2D eigenvalue weighted by Crippen LogP contribution is 2.77. The largest absolute Gasteiger partial charge is 0.124 e. The number of alkyl halides is 4. The maximum atomic E-state index is 6.07. The van der Waals surface area contributed by atoms with Gasteiger partial charge in [-0.15, -0.1) is 46.4 Å². The number of hydrogen-bond acceptors (Lipinski definition) is 0. The van der Waals surface area contributed by atoms with Crippen LogP contribution in [0.2, 0.25) is 0 Å². The van der Waals surface area contributed by atoms with E-state index in [2.05, 4.69) is 0 Å². The monoisotopic (exact) mass is 244 g/mol. The van der Waals surface area contributed by atoms with Crippen LogP contribution < -0.4 is 0 Å². The second kappa shape index (κ2) is 2.05. The summed E-state index contributed by atoms with van der Waals surface area (Å²) in [7, 11) is 0. The molecule has 0 aromatic heterocycles. The van der Waals surface area contributed by atoms with Crippen molar-refractivity contribution < 1.29 is 0 Å². The van der Waals surface area contributed by atoms with Crippen LogP contribution in [0.5, 0.6) is 0 Å². The summed E-state index contributed by atoms with van der Waals surface area (Å²) in [6.07, 6.45) is 2.05. The lowest BCUT2D eigenvalue weighted by Gasteiger charge is -2.01. The van der Waals surface area contributed by atoms with Crippen molar-refractivity contribution in [1.29, 1.82) is 0 Å². The molecule has 0 unspecified atom stereocenters. The van der Waals surface area contributed by atoms with Crippen molar-refractivity contribution in [2.24, 2.45) is 23.7 Å². The lowest BCUT2D eigenvalue weighted by atomic mass is 10.0. The molecule has 0 bridgehead atoms. The van der Waals surface area contributed by atoms with Crippen LogP contribution in [0, 0.1) is 23.7 Å². The normalized spacial score (nSPS) is 57.0. The zero-order valence-corrected chi connectivity index (χ0v) is 9.26. The van der Waals surface area contributed by atoms with Gasteiger partial charge in [-0.3, -0.25) is 0 Å². The Morgan fingerprint density at radius 3 is 1.17 bits per heavy atom. The van der Waals surface area contributed by atoms with Gasteiger partial charge in [0.15, 0.2) is 0 Å². The number of halogens is 4. The van der Waals surface area contributed by atoms with Crippen LogP contribution in [-0.4, -0.2) is 8.67 Å². The molecule has 3 aliphatic rings. The first-order valence-corrected chi connectivity index (χ1v) is 5.72. The van der Waals surface area contributed by atoms with Gasteiger partial charge in [0.2, 0.25) is 0 Å². The Kier molecular flexibility index (Phi) is 1.45. The number of rotatable bonds is 0. The predicted molar refractivity (Wildman–Crippen MR) is 52.1 cm³/mol. The first kappa shape index (κ1) is 8.47. The molecule has 3 fully saturated rings. The fourth-order valence-corrected chi connectivity index (χ4v) is 4.43. The zero-order chi connectivity index (χ0) is 8.72. The van der Waals surface area contributed by atoms with Crippen molar-refractivity contribution in [2.75, 3.05) is 0 Å². The van der Waals surface area contributed by atoms with E-state index < -0.39 is 8.67 Å². The molecule has 3 saturated carbocycles. The smallest absolute Gasteiger partial charge is 0.101 e. The van der Waals surface area contributed by atoms with E-state index >= 15 is 0 Å². The summed E-state index contributed by atoms with van der Waals surface area (Å²) >= 11 is 24.3. The van der Waals surface area contributed by atoms with Crippen molar-refractivity contribution in [1.82, 2.24) is 0 Å². The molecule has 0 saturated heterocycles. The Morgan fingerprint density at radius 1 is 0.667 bits per heavy atom. The second-order valence-electron chi connectivity index (χ2n) is 4.25. The Balaban J connectivity index is 1.80. The molecule has 0 aromatic rings. The van der Waals surface area contributed by atoms with E-state index in [9.17, 15) is 0 Å². The minimum Gasteiger partial charge on any atom is -0.101 e. The fourth-order valence-electron chi connectivity index (χ4n) is 2.75. The van der Waals surface area contributed by atoms with Crippen LogP contribution in [-0.2, 0) is 0 Å². The average molecular weight is 246 g/mol.